The molecule has 0 unspecified atom stereocenters. The molecule has 17 aromatic carbocycles. The summed E-state index contributed by atoms with van der Waals surface area (Å²) in [6.45, 7) is -0.252. The first-order valence-corrected chi connectivity index (χ1v) is 32.8. The van der Waals surface area contributed by atoms with E-state index in [4.69, 9.17) is 9.97 Å². The van der Waals surface area contributed by atoms with Crippen LogP contribution in [0, 0.1) is 0 Å². The molecule has 0 bridgehead atoms. The maximum atomic E-state index is 5.72. The Morgan fingerprint density at radius 3 is 0.958 bits per heavy atom. The van der Waals surface area contributed by atoms with E-state index in [1.54, 1.807) is 0 Å². The molecule has 4 nitrogen and oxygen atoms in total. The molecule has 3 heterocycles. The molecular weight excluding hydrogens is 1150 g/mol. The second-order valence-corrected chi connectivity index (χ2v) is 25.6. The van der Waals surface area contributed by atoms with Crippen molar-refractivity contribution in [1.29, 1.82) is 0 Å². The summed E-state index contributed by atoms with van der Waals surface area (Å²) in [5.41, 5.74) is 24.0. The number of hydrogen-bond donors (Lipinski definition) is 0. The lowest BCUT2D eigenvalue weighted by Gasteiger charge is -2.45. The van der Waals surface area contributed by atoms with E-state index in [0.717, 1.165) is 95.3 Å². The first-order chi connectivity index (χ1) is 47.1. The van der Waals surface area contributed by atoms with Gasteiger partial charge in [-0.15, -0.1) is 0 Å². The van der Waals surface area contributed by atoms with E-state index in [1.807, 2.05) is 0 Å². The minimum Gasteiger partial charge on any atom is -0.311 e. The Bertz CT molecular complexity index is 5570. The van der Waals surface area contributed by atoms with Gasteiger partial charge in [-0.1, -0.05) is 279 Å². The van der Waals surface area contributed by atoms with E-state index in [1.165, 1.54) is 92.4 Å². The second-order valence-electron chi connectivity index (χ2n) is 25.6. The van der Waals surface area contributed by atoms with Gasteiger partial charge in [0.1, 0.15) is 0 Å². The Labute approximate surface area is 550 Å². The quantitative estimate of drug-likeness (QED) is 0.106. The molecule has 2 aliphatic rings. The van der Waals surface area contributed by atoms with Crippen LogP contribution < -0.4 is 26.2 Å². The Kier molecular flexibility index (Phi) is 11.8. The van der Waals surface area contributed by atoms with Gasteiger partial charge in [-0.25, -0.2) is 9.97 Å². The van der Waals surface area contributed by atoms with Gasteiger partial charge < -0.3 is 9.80 Å². The van der Waals surface area contributed by atoms with Gasteiger partial charge in [0.05, 0.1) is 11.4 Å². The van der Waals surface area contributed by atoms with E-state index in [-0.39, 0.29) is 6.71 Å². The van der Waals surface area contributed by atoms with E-state index in [9.17, 15) is 0 Å². The minimum absolute atomic E-state index is 0.252. The minimum atomic E-state index is -0.252. The van der Waals surface area contributed by atoms with E-state index >= 15 is 0 Å². The molecule has 0 fully saturated rings. The van der Waals surface area contributed by atoms with Crippen molar-refractivity contribution >= 4 is 122 Å². The van der Waals surface area contributed by atoms with Crippen LogP contribution in [0.25, 0.3) is 143 Å². The summed E-state index contributed by atoms with van der Waals surface area (Å²) in [5.74, 6) is 0.661. The molecule has 438 valence electrons. The molecule has 0 aliphatic carbocycles. The SMILES string of the molecule is c1ccc(-c2cc(-c3ccccc3)cc(N3c4cc(-c5cc(-c6ccccc6)nc(-c6ccccc6)n5)cc5c4B(c4cc6ccc7cccc8ccc(c43)c6c78)c3cc4ccc6cccc7ccc(c3N5c3cc(-c5ccccc5)cc(-c5ccccc5)c3)c4c67)c2)cc1. The molecule has 2 aliphatic heterocycles. The largest absolute Gasteiger partial charge is 0.311 e. The molecule has 0 spiro atoms. The molecule has 95 heavy (non-hydrogen) atoms. The van der Waals surface area contributed by atoms with Gasteiger partial charge in [-0.2, -0.15) is 0 Å². The molecule has 5 heteroatoms. The predicted molar refractivity (Wildman–Crippen MR) is 402 cm³/mol. The number of nitrogens with zero attached hydrogens (tertiary/aromatic N) is 4. The van der Waals surface area contributed by atoms with Gasteiger partial charge in [-0.05, 0) is 169 Å². The first kappa shape index (κ1) is 53.2. The lowest BCUT2D eigenvalue weighted by molar-refractivity contribution is 1.18. The number of anilines is 6. The fourth-order valence-electron chi connectivity index (χ4n) is 16.0. The summed E-state index contributed by atoms with van der Waals surface area (Å²) in [4.78, 5) is 16.4. The maximum Gasteiger partial charge on any atom is 0.252 e. The zero-order chi connectivity index (χ0) is 62.2. The van der Waals surface area contributed by atoms with Crippen molar-refractivity contribution in [3.05, 3.63) is 334 Å². The molecule has 18 aromatic rings. The Morgan fingerprint density at radius 2 is 0.568 bits per heavy atom. The molecular formula is C90H55BN4. The number of benzene rings is 17. The van der Waals surface area contributed by atoms with Gasteiger partial charge in [0, 0.05) is 61.6 Å². The van der Waals surface area contributed by atoms with Gasteiger partial charge >= 0.3 is 0 Å². The van der Waals surface area contributed by atoms with Crippen LogP contribution >= 0.6 is 0 Å². The molecule has 0 radical (unpaired) electrons. The second kappa shape index (κ2) is 21.1. The average molecular weight is 1200 g/mol. The zero-order valence-electron chi connectivity index (χ0n) is 51.6. The number of rotatable bonds is 9. The van der Waals surface area contributed by atoms with Crippen molar-refractivity contribution in [1.82, 2.24) is 9.97 Å². The summed E-state index contributed by atoms with van der Waals surface area (Å²) < 4.78 is 0. The van der Waals surface area contributed by atoms with E-state index < -0.39 is 0 Å². The van der Waals surface area contributed by atoms with Crippen LogP contribution in [0.4, 0.5) is 34.1 Å². The maximum absolute atomic E-state index is 5.72. The third-order valence-electron chi connectivity index (χ3n) is 20.2. The predicted octanol–water partition coefficient (Wildman–Crippen LogP) is 22.0. The topological polar surface area (TPSA) is 32.3 Å². The molecule has 0 saturated heterocycles. The summed E-state index contributed by atoms with van der Waals surface area (Å²) >= 11 is 0. The summed E-state index contributed by atoms with van der Waals surface area (Å²) in [7, 11) is 0. The lowest BCUT2D eigenvalue weighted by Crippen LogP contribution is -2.61. The van der Waals surface area contributed by atoms with Gasteiger partial charge in [0.15, 0.2) is 5.82 Å². The standard InChI is InChI=1S/C90H55BN4/c1-7-21-56(22-8-1)68-45-69(57-23-9-2-10-24-57)48-73(47-68)94-81-53-72(80-55-79(60-29-15-5-16-30-60)92-90(93-80)65-31-17-6-18-32-65)54-82-87(81)91(77-51-66-39-37-61-33-19-35-63-41-43-75(88(77)94)85(66)83(61)63)78-52-67-40-38-62-34-20-36-64-42-44-76(86(67)84(62)64)89(78)95(82)74-49-70(58-25-11-3-12-26-58)46-71(50-74)59-27-13-4-14-28-59/h1-55H. The van der Waals surface area contributed by atoms with Crippen LogP contribution in [0.2, 0.25) is 0 Å². The van der Waals surface area contributed by atoms with E-state index in [2.05, 4.69) is 343 Å². The van der Waals surface area contributed by atoms with Crippen molar-refractivity contribution in [2.75, 3.05) is 9.80 Å². The molecule has 0 amide bonds. The van der Waals surface area contributed by atoms with Crippen LogP contribution in [0.15, 0.2) is 334 Å². The summed E-state index contributed by atoms with van der Waals surface area (Å²) in [6.07, 6.45) is 0. The van der Waals surface area contributed by atoms with Crippen molar-refractivity contribution in [2.24, 2.45) is 0 Å². The number of aromatic nitrogens is 2. The highest BCUT2D eigenvalue weighted by molar-refractivity contribution is 7.01. The Balaban J connectivity index is 0.988. The van der Waals surface area contributed by atoms with Crippen molar-refractivity contribution < 1.29 is 0 Å². The highest BCUT2D eigenvalue weighted by Gasteiger charge is 2.46. The third-order valence-corrected chi connectivity index (χ3v) is 20.2. The van der Waals surface area contributed by atoms with Gasteiger partial charge in [0.25, 0.3) is 6.71 Å². The summed E-state index contributed by atoms with van der Waals surface area (Å²) in [6, 6.07) is 124. The molecule has 0 atom stereocenters. The highest BCUT2D eigenvalue weighted by Crippen LogP contribution is 2.53. The van der Waals surface area contributed by atoms with Crippen molar-refractivity contribution in [3.8, 4) is 78.4 Å². The van der Waals surface area contributed by atoms with Crippen LogP contribution in [0.1, 0.15) is 0 Å². The third kappa shape index (κ3) is 8.42. The first-order valence-electron chi connectivity index (χ1n) is 32.8. The fraction of sp³-hybridized carbons (Fsp3) is 0. The molecule has 0 saturated carbocycles. The Morgan fingerprint density at radius 1 is 0.232 bits per heavy atom. The van der Waals surface area contributed by atoms with Crippen molar-refractivity contribution in [2.45, 2.75) is 0 Å². The van der Waals surface area contributed by atoms with E-state index in [0.29, 0.717) is 5.82 Å². The van der Waals surface area contributed by atoms with Gasteiger partial charge in [0.2, 0.25) is 0 Å². The number of hydrogen-bond acceptors (Lipinski definition) is 4. The van der Waals surface area contributed by atoms with Gasteiger partial charge in [-0.3, -0.25) is 0 Å². The summed E-state index contributed by atoms with van der Waals surface area (Å²) in [5, 5.41) is 14.9. The molecule has 1 aromatic heterocycles. The van der Waals surface area contributed by atoms with Crippen LogP contribution in [-0.2, 0) is 0 Å². The monoisotopic (exact) mass is 1200 g/mol. The van der Waals surface area contributed by atoms with Crippen LogP contribution in [-0.4, -0.2) is 16.7 Å². The van der Waals surface area contributed by atoms with Crippen LogP contribution in [0.3, 0.4) is 0 Å². The number of fused-ring (bicyclic) bond motifs is 6. The zero-order valence-corrected chi connectivity index (χ0v) is 51.6. The molecule has 0 N–H and O–H groups in total. The lowest BCUT2D eigenvalue weighted by atomic mass is 9.33. The smallest absolute Gasteiger partial charge is 0.252 e. The molecule has 20 rings (SSSR count). The Hall–Kier alpha value is -12.4. The fourth-order valence-corrected chi connectivity index (χ4v) is 16.0. The highest BCUT2D eigenvalue weighted by atomic mass is 15.2. The van der Waals surface area contributed by atoms with Crippen LogP contribution in [0.5, 0.6) is 0 Å². The van der Waals surface area contributed by atoms with Crippen molar-refractivity contribution in [3.63, 3.8) is 0 Å². The normalized spacial score (nSPS) is 12.6. The average Bonchev–Trinajstić information content (AvgIpc) is 0.677.